The average molecular weight is 290 g/mol. The zero-order valence-corrected chi connectivity index (χ0v) is 12.2. The van der Waals surface area contributed by atoms with Gasteiger partial charge in [0.25, 0.3) is 0 Å². The van der Waals surface area contributed by atoms with Crippen molar-refractivity contribution in [2.24, 2.45) is 0 Å². The lowest BCUT2D eigenvalue weighted by atomic mass is 10.3. The fourth-order valence-corrected chi connectivity index (χ4v) is 4.02. The zero-order valence-electron chi connectivity index (χ0n) is 10.6. The Kier molecular flexibility index (Phi) is 3.76. The van der Waals surface area contributed by atoms with Gasteiger partial charge in [0, 0.05) is 19.1 Å². The molecule has 1 aromatic rings. The first-order valence-electron chi connectivity index (χ1n) is 6.07. The van der Waals surface area contributed by atoms with Crippen LogP contribution in [0, 0.1) is 4.77 Å². The van der Waals surface area contributed by atoms with E-state index < -0.39 is 9.84 Å². The standard InChI is InChI=1S/C10H18N4O2S2/c1-3-4-14-9(11-12-10(14)17)13-5-6-18(15,16)7-8(13)2/h8H,3-7H2,1-2H3,(H,12,17). The Morgan fingerprint density at radius 3 is 2.89 bits per heavy atom. The van der Waals surface area contributed by atoms with Crippen LogP contribution in [-0.4, -0.2) is 47.3 Å². The Hall–Kier alpha value is -0.890. The van der Waals surface area contributed by atoms with Gasteiger partial charge in [-0.2, -0.15) is 0 Å². The number of aromatic nitrogens is 3. The monoisotopic (exact) mass is 290 g/mol. The van der Waals surface area contributed by atoms with E-state index in [1.54, 1.807) is 0 Å². The van der Waals surface area contributed by atoms with Gasteiger partial charge < -0.3 is 4.90 Å². The second-order valence-electron chi connectivity index (χ2n) is 4.64. The molecule has 1 aliphatic rings. The zero-order chi connectivity index (χ0) is 13.3. The molecule has 0 radical (unpaired) electrons. The molecule has 0 aromatic carbocycles. The van der Waals surface area contributed by atoms with Crippen LogP contribution < -0.4 is 4.90 Å². The first-order chi connectivity index (χ1) is 8.44. The Bertz CT molecular complexity index is 575. The molecule has 18 heavy (non-hydrogen) atoms. The van der Waals surface area contributed by atoms with Crippen molar-refractivity contribution in [3.05, 3.63) is 4.77 Å². The summed E-state index contributed by atoms with van der Waals surface area (Å²) in [5.74, 6) is 1.12. The summed E-state index contributed by atoms with van der Waals surface area (Å²) >= 11 is 5.19. The normalized spacial score (nSPS) is 23.2. The van der Waals surface area contributed by atoms with E-state index in [9.17, 15) is 8.42 Å². The maximum absolute atomic E-state index is 11.6. The van der Waals surface area contributed by atoms with Crippen molar-refractivity contribution in [2.75, 3.05) is 23.0 Å². The lowest BCUT2D eigenvalue weighted by Crippen LogP contribution is -2.48. The number of aromatic amines is 1. The molecule has 1 atom stereocenters. The van der Waals surface area contributed by atoms with Crippen molar-refractivity contribution >= 4 is 28.0 Å². The minimum absolute atomic E-state index is 0.0652. The smallest absolute Gasteiger partial charge is 0.226 e. The highest BCUT2D eigenvalue weighted by atomic mass is 32.2. The van der Waals surface area contributed by atoms with Gasteiger partial charge in [0.05, 0.1) is 11.5 Å². The minimum atomic E-state index is -2.91. The van der Waals surface area contributed by atoms with Crippen molar-refractivity contribution in [3.8, 4) is 0 Å². The first-order valence-corrected chi connectivity index (χ1v) is 8.30. The van der Waals surface area contributed by atoms with Crippen LogP contribution in [0.3, 0.4) is 0 Å². The predicted octanol–water partition coefficient (Wildman–Crippen LogP) is 0.974. The molecule has 1 aliphatic heterocycles. The fraction of sp³-hybridized carbons (Fsp3) is 0.800. The van der Waals surface area contributed by atoms with Crippen molar-refractivity contribution < 1.29 is 8.42 Å². The summed E-state index contributed by atoms with van der Waals surface area (Å²) < 4.78 is 25.7. The summed E-state index contributed by atoms with van der Waals surface area (Å²) in [6.45, 7) is 5.25. The Labute approximate surface area is 112 Å². The van der Waals surface area contributed by atoms with Gasteiger partial charge in [0.1, 0.15) is 0 Å². The van der Waals surface area contributed by atoms with Gasteiger partial charge in [-0.3, -0.25) is 4.57 Å². The molecule has 0 saturated carbocycles. The molecule has 0 bridgehead atoms. The van der Waals surface area contributed by atoms with Crippen molar-refractivity contribution in [2.45, 2.75) is 32.9 Å². The number of nitrogens with zero attached hydrogens (tertiary/aromatic N) is 3. The topological polar surface area (TPSA) is 71.0 Å². The van der Waals surface area contributed by atoms with Crippen LogP contribution in [0.1, 0.15) is 20.3 Å². The van der Waals surface area contributed by atoms with Crippen LogP contribution in [-0.2, 0) is 16.4 Å². The van der Waals surface area contributed by atoms with Crippen LogP contribution in [0.5, 0.6) is 0 Å². The average Bonchev–Trinajstić information content (AvgIpc) is 2.61. The van der Waals surface area contributed by atoms with Crippen molar-refractivity contribution in [3.63, 3.8) is 0 Å². The number of rotatable bonds is 3. The van der Waals surface area contributed by atoms with Gasteiger partial charge in [0.2, 0.25) is 5.95 Å². The van der Waals surface area contributed by atoms with E-state index in [4.69, 9.17) is 12.2 Å². The molecule has 6 nitrogen and oxygen atoms in total. The molecule has 0 aliphatic carbocycles. The number of nitrogens with one attached hydrogen (secondary N) is 1. The molecular weight excluding hydrogens is 272 g/mol. The number of hydrogen-bond acceptors (Lipinski definition) is 5. The predicted molar refractivity (Wildman–Crippen MR) is 73.2 cm³/mol. The Balaban J connectivity index is 2.30. The van der Waals surface area contributed by atoms with Gasteiger partial charge in [-0.15, -0.1) is 5.10 Å². The van der Waals surface area contributed by atoms with E-state index in [1.807, 2.05) is 16.4 Å². The quantitative estimate of drug-likeness (QED) is 0.840. The summed E-state index contributed by atoms with van der Waals surface area (Å²) in [6.07, 6.45) is 0.960. The molecule has 1 unspecified atom stereocenters. The van der Waals surface area contributed by atoms with Crippen LogP contribution in [0.15, 0.2) is 0 Å². The summed E-state index contributed by atoms with van der Waals surface area (Å²) in [5, 5.41) is 7.02. The highest BCUT2D eigenvalue weighted by Crippen LogP contribution is 2.20. The van der Waals surface area contributed by atoms with E-state index >= 15 is 0 Å². The Morgan fingerprint density at radius 2 is 2.28 bits per heavy atom. The summed E-state index contributed by atoms with van der Waals surface area (Å²) in [7, 11) is -2.91. The lowest BCUT2D eigenvalue weighted by molar-refractivity contribution is 0.556. The molecular formula is C10H18N4O2S2. The fourth-order valence-electron chi connectivity index (χ4n) is 2.25. The highest BCUT2D eigenvalue weighted by Gasteiger charge is 2.30. The van der Waals surface area contributed by atoms with E-state index in [-0.39, 0.29) is 17.5 Å². The molecule has 2 rings (SSSR count). The molecule has 1 saturated heterocycles. The molecule has 1 N–H and O–H groups in total. The van der Waals surface area contributed by atoms with E-state index in [0.717, 1.165) is 18.9 Å². The third kappa shape index (κ3) is 2.59. The maximum Gasteiger partial charge on any atom is 0.226 e. The summed E-state index contributed by atoms with van der Waals surface area (Å²) in [5.41, 5.74) is 0. The summed E-state index contributed by atoms with van der Waals surface area (Å²) in [6, 6.07) is -0.0652. The molecule has 1 fully saturated rings. The molecule has 102 valence electrons. The third-order valence-electron chi connectivity index (χ3n) is 3.11. The van der Waals surface area contributed by atoms with E-state index in [1.165, 1.54) is 0 Å². The van der Waals surface area contributed by atoms with E-state index in [0.29, 0.717) is 11.3 Å². The second-order valence-corrected chi connectivity index (χ2v) is 7.25. The SMILES string of the molecule is CCCn1c(N2CCS(=O)(=O)CC2C)n[nH]c1=S. The van der Waals surface area contributed by atoms with Crippen molar-refractivity contribution in [1.29, 1.82) is 0 Å². The van der Waals surface area contributed by atoms with Crippen molar-refractivity contribution in [1.82, 2.24) is 14.8 Å². The highest BCUT2D eigenvalue weighted by molar-refractivity contribution is 7.91. The van der Waals surface area contributed by atoms with Gasteiger partial charge >= 0.3 is 0 Å². The number of hydrogen-bond donors (Lipinski definition) is 1. The minimum Gasteiger partial charge on any atom is -0.336 e. The molecule has 2 heterocycles. The first kappa shape index (κ1) is 13.5. The lowest BCUT2D eigenvalue weighted by Gasteiger charge is -2.33. The van der Waals surface area contributed by atoms with Crippen LogP contribution in [0.4, 0.5) is 5.95 Å². The Morgan fingerprint density at radius 1 is 1.56 bits per heavy atom. The maximum atomic E-state index is 11.6. The molecule has 1 aromatic heterocycles. The number of H-pyrrole nitrogens is 1. The molecule has 0 spiro atoms. The number of sulfone groups is 1. The summed E-state index contributed by atoms with van der Waals surface area (Å²) in [4.78, 5) is 2.02. The van der Waals surface area contributed by atoms with Crippen LogP contribution >= 0.6 is 12.2 Å². The van der Waals surface area contributed by atoms with Gasteiger partial charge in [-0.25, -0.2) is 13.5 Å². The van der Waals surface area contributed by atoms with Gasteiger partial charge in [0.15, 0.2) is 14.6 Å². The number of anilines is 1. The van der Waals surface area contributed by atoms with Gasteiger partial charge in [-0.05, 0) is 25.6 Å². The van der Waals surface area contributed by atoms with E-state index in [2.05, 4.69) is 17.1 Å². The van der Waals surface area contributed by atoms with Crippen LogP contribution in [0.25, 0.3) is 0 Å². The second kappa shape index (κ2) is 5.00. The van der Waals surface area contributed by atoms with Crippen LogP contribution in [0.2, 0.25) is 0 Å². The molecule has 8 heteroatoms. The largest absolute Gasteiger partial charge is 0.336 e. The molecule has 0 amide bonds. The third-order valence-corrected chi connectivity index (χ3v) is 5.22. The van der Waals surface area contributed by atoms with Gasteiger partial charge in [-0.1, -0.05) is 6.92 Å².